The summed E-state index contributed by atoms with van der Waals surface area (Å²) in [6.45, 7) is 4.68. The zero-order valence-corrected chi connectivity index (χ0v) is 9.05. The molecule has 1 unspecified atom stereocenters. The van der Waals surface area contributed by atoms with Crippen LogP contribution in [0.4, 0.5) is 0 Å². The van der Waals surface area contributed by atoms with E-state index in [1.54, 1.807) is 0 Å². The van der Waals surface area contributed by atoms with E-state index in [1.807, 2.05) is 17.1 Å². The second-order valence-corrected chi connectivity index (χ2v) is 4.01. The minimum absolute atomic E-state index is 0.0300. The number of nitrogens with zero attached hydrogens (tertiary/aromatic N) is 3. The molecule has 2 N–H and O–H groups in total. The Balaban J connectivity index is 2.11. The lowest BCUT2D eigenvalue weighted by Gasteiger charge is -2.03. The van der Waals surface area contributed by atoms with Crippen molar-refractivity contribution in [3.05, 3.63) is 18.0 Å². The van der Waals surface area contributed by atoms with Gasteiger partial charge in [-0.1, -0.05) is 5.16 Å². The van der Waals surface area contributed by atoms with E-state index in [-0.39, 0.29) is 6.10 Å². The molecule has 0 spiro atoms. The van der Waals surface area contributed by atoms with Gasteiger partial charge in [0.15, 0.2) is 0 Å². The zero-order valence-electron chi connectivity index (χ0n) is 9.05. The largest absolute Gasteiger partial charge is 0.390 e. The van der Waals surface area contributed by atoms with Crippen LogP contribution in [-0.4, -0.2) is 28.1 Å². The van der Waals surface area contributed by atoms with E-state index in [0.29, 0.717) is 12.6 Å². The topological polar surface area (TPSA) is 65.4 Å². The molecule has 0 fully saturated rings. The van der Waals surface area contributed by atoms with Gasteiger partial charge in [0.05, 0.1) is 11.9 Å². The molecule has 0 aliphatic carbocycles. The third kappa shape index (κ3) is 2.02. The smallest absolute Gasteiger partial charge is 0.145 e. The van der Waals surface area contributed by atoms with Crippen LogP contribution in [-0.2, 0) is 4.84 Å². The molecule has 0 saturated heterocycles. The van der Waals surface area contributed by atoms with Crippen LogP contribution in [0.1, 0.15) is 31.9 Å². The second-order valence-electron chi connectivity index (χ2n) is 4.01. The average molecular weight is 208 g/mol. The van der Waals surface area contributed by atoms with Gasteiger partial charge < -0.3 is 10.6 Å². The van der Waals surface area contributed by atoms with Crippen molar-refractivity contribution in [3.8, 4) is 0 Å². The number of hydrogen-bond acceptors (Lipinski definition) is 4. The SMILES string of the molecule is CC(C)n1cc(C2=NOC(CN)C2)cn1. The fourth-order valence-electron chi connectivity index (χ4n) is 1.49. The van der Waals surface area contributed by atoms with Gasteiger partial charge in [0.2, 0.25) is 0 Å². The Morgan fingerprint density at radius 1 is 1.67 bits per heavy atom. The maximum absolute atomic E-state index is 5.51. The van der Waals surface area contributed by atoms with Crippen molar-refractivity contribution in [2.75, 3.05) is 6.54 Å². The van der Waals surface area contributed by atoms with Crippen molar-refractivity contribution in [1.82, 2.24) is 9.78 Å². The van der Waals surface area contributed by atoms with Gasteiger partial charge in [-0.2, -0.15) is 5.10 Å². The first-order chi connectivity index (χ1) is 7.20. The summed E-state index contributed by atoms with van der Waals surface area (Å²) in [6.07, 6.45) is 4.62. The summed E-state index contributed by atoms with van der Waals surface area (Å²) in [6, 6.07) is 0.368. The van der Waals surface area contributed by atoms with E-state index in [2.05, 4.69) is 24.1 Å². The van der Waals surface area contributed by atoms with Crippen LogP contribution in [0, 0.1) is 0 Å². The molecule has 0 amide bonds. The van der Waals surface area contributed by atoms with Gasteiger partial charge >= 0.3 is 0 Å². The normalized spacial score (nSPS) is 20.5. The van der Waals surface area contributed by atoms with Gasteiger partial charge in [0, 0.05) is 30.8 Å². The number of rotatable bonds is 3. The molecule has 1 aliphatic heterocycles. The third-order valence-corrected chi connectivity index (χ3v) is 2.46. The standard InChI is InChI=1S/C10H16N4O/c1-7(2)14-6-8(5-12-14)10-3-9(4-11)15-13-10/h5-7,9H,3-4,11H2,1-2H3. The van der Waals surface area contributed by atoms with E-state index in [0.717, 1.165) is 17.7 Å². The van der Waals surface area contributed by atoms with Gasteiger partial charge in [-0.25, -0.2) is 0 Å². The number of oxime groups is 1. The van der Waals surface area contributed by atoms with Gasteiger partial charge in [0.1, 0.15) is 6.10 Å². The molecule has 15 heavy (non-hydrogen) atoms. The minimum atomic E-state index is 0.0300. The lowest BCUT2D eigenvalue weighted by molar-refractivity contribution is 0.0918. The molecule has 1 aliphatic rings. The van der Waals surface area contributed by atoms with E-state index in [4.69, 9.17) is 10.6 Å². The summed E-state index contributed by atoms with van der Waals surface area (Å²) in [7, 11) is 0. The van der Waals surface area contributed by atoms with Crippen LogP contribution in [0.2, 0.25) is 0 Å². The Morgan fingerprint density at radius 2 is 2.47 bits per heavy atom. The van der Waals surface area contributed by atoms with Crippen molar-refractivity contribution in [1.29, 1.82) is 0 Å². The highest BCUT2D eigenvalue weighted by atomic mass is 16.6. The summed E-state index contributed by atoms with van der Waals surface area (Å²) in [4.78, 5) is 5.16. The molecule has 0 radical (unpaired) electrons. The average Bonchev–Trinajstić information content (AvgIpc) is 2.86. The van der Waals surface area contributed by atoms with Crippen LogP contribution in [0.5, 0.6) is 0 Å². The Labute approximate surface area is 88.9 Å². The lowest BCUT2D eigenvalue weighted by atomic mass is 10.1. The summed E-state index contributed by atoms with van der Waals surface area (Å²) >= 11 is 0. The van der Waals surface area contributed by atoms with Crippen LogP contribution in [0.3, 0.4) is 0 Å². The maximum Gasteiger partial charge on any atom is 0.145 e. The molecular formula is C10H16N4O. The minimum Gasteiger partial charge on any atom is -0.390 e. The van der Waals surface area contributed by atoms with Crippen LogP contribution in [0.15, 0.2) is 17.5 Å². The van der Waals surface area contributed by atoms with E-state index >= 15 is 0 Å². The first-order valence-electron chi connectivity index (χ1n) is 5.18. The summed E-state index contributed by atoms with van der Waals surface area (Å²) in [5.41, 5.74) is 7.48. The highest BCUT2D eigenvalue weighted by Crippen LogP contribution is 2.16. The molecule has 82 valence electrons. The quantitative estimate of drug-likeness (QED) is 0.803. The Bertz CT molecular complexity index is 369. The molecule has 1 atom stereocenters. The van der Waals surface area contributed by atoms with Crippen LogP contribution < -0.4 is 5.73 Å². The van der Waals surface area contributed by atoms with Gasteiger partial charge in [-0.3, -0.25) is 4.68 Å². The molecule has 1 aromatic rings. The molecule has 0 bridgehead atoms. The Hall–Kier alpha value is -1.36. The maximum atomic E-state index is 5.51. The molecule has 0 aromatic carbocycles. The molecular weight excluding hydrogens is 192 g/mol. The molecule has 0 saturated carbocycles. The van der Waals surface area contributed by atoms with Crippen molar-refractivity contribution in [2.45, 2.75) is 32.4 Å². The van der Waals surface area contributed by atoms with Gasteiger partial charge in [-0.05, 0) is 13.8 Å². The van der Waals surface area contributed by atoms with Gasteiger partial charge in [-0.15, -0.1) is 0 Å². The Kier molecular flexibility index (Phi) is 2.73. The van der Waals surface area contributed by atoms with E-state index < -0.39 is 0 Å². The van der Waals surface area contributed by atoms with Crippen molar-refractivity contribution in [3.63, 3.8) is 0 Å². The second kappa shape index (κ2) is 4.02. The van der Waals surface area contributed by atoms with Gasteiger partial charge in [0.25, 0.3) is 0 Å². The molecule has 2 rings (SSSR count). The van der Waals surface area contributed by atoms with Crippen LogP contribution >= 0.6 is 0 Å². The molecule has 5 nitrogen and oxygen atoms in total. The van der Waals surface area contributed by atoms with Crippen molar-refractivity contribution in [2.24, 2.45) is 10.9 Å². The molecule has 2 heterocycles. The molecule has 1 aromatic heterocycles. The predicted molar refractivity (Wildman–Crippen MR) is 57.7 cm³/mol. The van der Waals surface area contributed by atoms with Crippen LogP contribution in [0.25, 0.3) is 0 Å². The van der Waals surface area contributed by atoms with Crippen molar-refractivity contribution >= 4 is 5.71 Å². The summed E-state index contributed by atoms with van der Waals surface area (Å²) in [5.74, 6) is 0. The Morgan fingerprint density at radius 3 is 3.00 bits per heavy atom. The first kappa shape index (κ1) is 10.2. The zero-order chi connectivity index (χ0) is 10.8. The summed E-state index contributed by atoms with van der Waals surface area (Å²) in [5, 5.41) is 8.27. The predicted octanol–water partition coefficient (Wildman–Crippen LogP) is 0.916. The van der Waals surface area contributed by atoms with Crippen molar-refractivity contribution < 1.29 is 4.84 Å². The highest BCUT2D eigenvalue weighted by Gasteiger charge is 2.21. The molecule has 5 heteroatoms. The number of nitrogens with two attached hydrogens (primary N) is 1. The first-order valence-corrected chi connectivity index (χ1v) is 5.18. The summed E-state index contributed by atoms with van der Waals surface area (Å²) < 4.78 is 1.91. The number of aromatic nitrogens is 2. The third-order valence-electron chi connectivity index (χ3n) is 2.46. The van der Waals surface area contributed by atoms with E-state index in [1.165, 1.54) is 0 Å². The lowest BCUT2D eigenvalue weighted by Crippen LogP contribution is -2.19. The van der Waals surface area contributed by atoms with E-state index in [9.17, 15) is 0 Å². The fraction of sp³-hybridized carbons (Fsp3) is 0.600. The number of hydrogen-bond donors (Lipinski definition) is 1. The fourth-order valence-corrected chi connectivity index (χ4v) is 1.49. The monoisotopic (exact) mass is 208 g/mol. The highest BCUT2D eigenvalue weighted by molar-refractivity contribution is 6.00.